The minimum absolute atomic E-state index is 0.124. The predicted octanol–water partition coefficient (Wildman–Crippen LogP) is -2.14. The van der Waals surface area contributed by atoms with Crippen molar-refractivity contribution in [2.24, 2.45) is 5.73 Å². The normalized spacial score (nSPS) is 14.1. The number of amides is 3. The van der Waals surface area contributed by atoms with Gasteiger partial charge in [0, 0.05) is 0 Å². The van der Waals surface area contributed by atoms with Crippen molar-refractivity contribution in [2.45, 2.75) is 0 Å². The van der Waals surface area contributed by atoms with Crippen molar-refractivity contribution in [1.82, 2.24) is 10.6 Å². The lowest BCUT2D eigenvalue weighted by Crippen LogP contribution is -2.22. The molecule has 68 valence electrons. The first-order valence-corrected chi connectivity index (χ1v) is 3.05. The summed E-state index contributed by atoms with van der Waals surface area (Å²) >= 11 is 0. The maximum atomic E-state index is 10.1. The largest absolute Gasteiger partial charge is 0.480 e. The van der Waals surface area contributed by atoms with Gasteiger partial charge in [0.15, 0.2) is 0 Å². The Morgan fingerprint density at radius 3 is 2.17 bits per heavy atom. The van der Waals surface area contributed by atoms with Crippen molar-refractivity contribution in [3.05, 3.63) is 0 Å². The lowest BCUT2D eigenvalue weighted by atomic mass is 10.7. The SMILES string of the molecule is NCC(=O)O.O=C1CNC(=O)N1. The van der Waals surface area contributed by atoms with E-state index in [-0.39, 0.29) is 19.0 Å². The third-order valence-corrected chi connectivity index (χ3v) is 0.837. The Morgan fingerprint density at radius 2 is 2.08 bits per heavy atom. The Balaban J connectivity index is 0.000000217. The number of nitrogens with two attached hydrogens (primary N) is 1. The molecule has 1 aliphatic heterocycles. The number of urea groups is 1. The van der Waals surface area contributed by atoms with E-state index in [1.165, 1.54) is 0 Å². The van der Waals surface area contributed by atoms with Gasteiger partial charge in [-0.2, -0.15) is 0 Å². The van der Waals surface area contributed by atoms with Crippen LogP contribution in [0.15, 0.2) is 0 Å². The first-order valence-electron chi connectivity index (χ1n) is 3.05. The van der Waals surface area contributed by atoms with E-state index in [0.717, 1.165) is 0 Å². The molecule has 5 N–H and O–H groups in total. The molecule has 0 aromatic heterocycles. The number of carboxylic acids is 1. The van der Waals surface area contributed by atoms with Gasteiger partial charge in [-0.05, 0) is 0 Å². The fourth-order valence-electron chi connectivity index (χ4n) is 0.376. The van der Waals surface area contributed by atoms with E-state index >= 15 is 0 Å². The number of carbonyl (C=O) groups excluding carboxylic acids is 2. The molecule has 0 aliphatic carbocycles. The quantitative estimate of drug-likeness (QED) is 0.339. The minimum Gasteiger partial charge on any atom is -0.480 e. The summed E-state index contributed by atoms with van der Waals surface area (Å²) in [7, 11) is 0. The average Bonchev–Trinajstić information content (AvgIpc) is 2.36. The summed E-state index contributed by atoms with van der Waals surface area (Å²) < 4.78 is 0. The molecule has 1 rings (SSSR count). The van der Waals surface area contributed by atoms with Gasteiger partial charge >= 0.3 is 12.0 Å². The highest BCUT2D eigenvalue weighted by Crippen LogP contribution is 1.73. The lowest BCUT2D eigenvalue weighted by molar-refractivity contribution is -0.135. The molecule has 0 radical (unpaired) electrons. The summed E-state index contributed by atoms with van der Waals surface area (Å²) in [5.74, 6) is -1.23. The highest BCUT2D eigenvalue weighted by atomic mass is 16.4. The van der Waals surface area contributed by atoms with E-state index in [0.29, 0.717) is 0 Å². The van der Waals surface area contributed by atoms with Gasteiger partial charge in [-0.25, -0.2) is 4.79 Å². The van der Waals surface area contributed by atoms with Crippen molar-refractivity contribution < 1.29 is 19.5 Å². The number of hydrogen-bond donors (Lipinski definition) is 4. The van der Waals surface area contributed by atoms with Gasteiger partial charge in [0.05, 0.1) is 13.1 Å². The minimum atomic E-state index is -0.968. The van der Waals surface area contributed by atoms with Crippen LogP contribution in [0.25, 0.3) is 0 Å². The number of aliphatic carboxylic acids is 1. The molecule has 0 spiro atoms. The zero-order valence-electron chi connectivity index (χ0n) is 6.16. The molecule has 3 amide bonds. The Kier molecular flexibility index (Phi) is 4.39. The van der Waals surface area contributed by atoms with Crippen molar-refractivity contribution in [3.8, 4) is 0 Å². The van der Waals surface area contributed by atoms with Crippen molar-refractivity contribution in [3.63, 3.8) is 0 Å². The average molecular weight is 175 g/mol. The number of carbonyl (C=O) groups is 3. The van der Waals surface area contributed by atoms with E-state index in [1.54, 1.807) is 0 Å². The Morgan fingerprint density at radius 1 is 1.58 bits per heavy atom. The van der Waals surface area contributed by atoms with Crippen LogP contribution in [-0.2, 0) is 9.59 Å². The monoisotopic (exact) mass is 175 g/mol. The maximum absolute atomic E-state index is 10.1. The van der Waals surface area contributed by atoms with Crippen LogP contribution in [-0.4, -0.2) is 36.1 Å². The van der Waals surface area contributed by atoms with E-state index in [2.05, 4.69) is 11.1 Å². The lowest BCUT2D eigenvalue weighted by Gasteiger charge is -1.78. The molecule has 0 unspecified atom stereocenters. The highest BCUT2D eigenvalue weighted by molar-refractivity contribution is 6.01. The summed E-state index contributed by atoms with van der Waals surface area (Å²) in [6.45, 7) is -0.154. The van der Waals surface area contributed by atoms with Gasteiger partial charge in [0.25, 0.3) is 0 Å². The third-order valence-electron chi connectivity index (χ3n) is 0.837. The van der Waals surface area contributed by atoms with Gasteiger partial charge in [0.2, 0.25) is 5.91 Å². The van der Waals surface area contributed by atoms with Crippen LogP contribution >= 0.6 is 0 Å². The van der Waals surface area contributed by atoms with Gasteiger partial charge in [-0.1, -0.05) is 0 Å². The summed E-state index contributed by atoms with van der Waals surface area (Å²) in [5.41, 5.74) is 4.57. The van der Waals surface area contributed by atoms with E-state index in [1.807, 2.05) is 5.32 Å². The smallest absolute Gasteiger partial charge is 0.321 e. The van der Waals surface area contributed by atoms with Crippen LogP contribution < -0.4 is 16.4 Å². The standard InChI is InChI=1S/C3H4N2O2.C2H5NO2/c6-2-1-4-3(7)5-2;3-1-2(4)5/h1H2,(H2,4,5,6,7);1,3H2,(H,4,5). The molecule has 12 heavy (non-hydrogen) atoms. The van der Waals surface area contributed by atoms with Crippen LogP contribution in [0.4, 0.5) is 4.79 Å². The first-order chi connectivity index (χ1) is 5.56. The number of nitrogens with one attached hydrogen (secondary N) is 2. The van der Waals surface area contributed by atoms with Crippen LogP contribution in [0.3, 0.4) is 0 Å². The second kappa shape index (κ2) is 5.08. The molecule has 1 fully saturated rings. The van der Waals surface area contributed by atoms with Gasteiger partial charge in [-0.15, -0.1) is 0 Å². The van der Waals surface area contributed by atoms with E-state index in [9.17, 15) is 14.4 Å². The summed E-state index contributed by atoms with van der Waals surface area (Å²) in [4.78, 5) is 29.3. The topological polar surface area (TPSA) is 122 Å². The van der Waals surface area contributed by atoms with Crippen LogP contribution in [0, 0.1) is 0 Å². The van der Waals surface area contributed by atoms with Crippen LogP contribution in [0.5, 0.6) is 0 Å². The van der Waals surface area contributed by atoms with Crippen LogP contribution in [0.2, 0.25) is 0 Å². The zero-order valence-corrected chi connectivity index (χ0v) is 6.16. The van der Waals surface area contributed by atoms with Crippen molar-refractivity contribution in [1.29, 1.82) is 0 Å². The maximum Gasteiger partial charge on any atom is 0.321 e. The fourth-order valence-corrected chi connectivity index (χ4v) is 0.376. The molecule has 0 bridgehead atoms. The Labute approximate surface area is 67.9 Å². The second-order valence-electron chi connectivity index (χ2n) is 1.83. The van der Waals surface area contributed by atoms with E-state index in [4.69, 9.17) is 5.11 Å². The van der Waals surface area contributed by atoms with Gasteiger partial charge in [-0.3, -0.25) is 14.9 Å². The highest BCUT2D eigenvalue weighted by Gasteiger charge is 2.14. The molecule has 1 aliphatic rings. The fraction of sp³-hybridized carbons (Fsp3) is 0.400. The summed E-state index contributed by atoms with van der Waals surface area (Å²) in [6, 6.07) is -0.398. The first kappa shape index (κ1) is 10.4. The number of carboxylic acid groups (broad SMARTS) is 1. The third kappa shape index (κ3) is 5.18. The van der Waals surface area contributed by atoms with E-state index < -0.39 is 12.0 Å². The predicted molar refractivity (Wildman–Crippen MR) is 38.2 cm³/mol. The molecule has 1 saturated heterocycles. The van der Waals surface area contributed by atoms with Crippen LogP contribution in [0.1, 0.15) is 0 Å². The van der Waals surface area contributed by atoms with Gasteiger partial charge < -0.3 is 16.2 Å². The molecular weight excluding hydrogens is 166 g/mol. The van der Waals surface area contributed by atoms with Gasteiger partial charge in [0.1, 0.15) is 0 Å². The Hall–Kier alpha value is -1.63. The molecule has 0 aromatic carbocycles. The zero-order chi connectivity index (χ0) is 9.56. The molecule has 0 aromatic rings. The number of imide groups is 1. The summed E-state index contributed by atoms with van der Waals surface area (Å²) in [5, 5.41) is 11.9. The molecular formula is C5H9N3O4. The summed E-state index contributed by atoms with van der Waals surface area (Å²) in [6.07, 6.45) is 0. The molecule has 1 heterocycles. The Bertz CT molecular complexity index is 189. The van der Waals surface area contributed by atoms with Crippen molar-refractivity contribution >= 4 is 17.9 Å². The number of hydrogen-bond acceptors (Lipinski definition) is 4. The molecule has 7 nitrogen and oxygen atoms in total. The number of rotatable bonds is 1. The molecule has 7 heteroatoms. The molecule has 0 atom stereocenters. The van der Waals surface area contributed by atoms with Crippen molar-refractivity contribution in [2.75, 3.05) is 13.1 Å². The second-order valence-corrected chi connectivity index (χ2v) is 1.83. The molecule has 0 saturated carbocycles.